The number of likely N-dealkylation sites (N-methyl/N-ethyl adjacent to an activating group) is 1. The number of hydrogen-bond donors (Lipinski definition) is 2. The Morgan fingerprint density at radius 1 is 1.39 bits per heavy atom. The van der Waals surface area contributed by atoms with E-state index in [1.54, 1.807) is 12.1 Å². The number of aromatic nitrogens is 1. The second-order valence-electron chi connectivity index (χ2n) is 6.00. The van der Waals surface area contributed by atoms with Gasteiger partial charge in [-0.1, -0.05) is 6.07 Å². The average molecular weight is 316 g/mol. The molecule has 0 bridgehead atoms. The topological polar surface area (TPSA) is 82.6 Å². The fourth-order valence-electron chi connectivity index (χ4n) is 2.78. The van der Waals surface area contributed by atoms with E-state index in [4.69, 9.17) is 9.84 Å². The average Bonchev–Trinajstić information content (AvgIpc) is 3.25. The number of aromatic amines is 1. The van der Waals surface area contributed by atoms with Gasteiger partial charge in [0.2, 0.25) is 0 Å². The van der Waals surface area contributed by atoms with Crippen LogP contribution in [-0.2, 0) is 16.0 Å². The van der Waals surface area contributed by atoms with E-state index in [9.17, 15) is 9.59 Å². The lowest BCUT2D eigenvalue weighted by atomic mass is 10.1. The molecule has 0 saturated heterocycles. The molecule has 1 heterocycles. The third-order valence-corrected chi connectivity index (χ3v) is 4.17. The molecule has 1 fully saturated rings. The predicted molar refractivity (Wildman–Crippen MR) is 85.5 cm³/mol. The Labute approximate surface area is 134 Å². The highest BCUT2D eigenvalue weighted by Crippen LogP contribution is 2.30. The van der Waals surface area contributed by atoms with E-state index in [1.165, 1.54) is 12.8 Å². The number of fused-ring (bicyclic) bond motifs is 1. The van der Waals surface area contributed by atoms with Crippen LogP contribution in [0.5, 0.6) is 5.75 Å². The number of hydrogen-bond acceptors (Lipinski definition) is 4. The molecule has 2 aromatic rings. The van der Waals surface area contributed by atoms with Gasteiger partial charge < -0.3 is 19.7 Å². The molecule has 0 radical (unpaired) electrons. The zero-order valence-corrected chi connectivity index (χ0v) is 13.0. The second-order valence-corrected chi connectivity index (χ2v) is 6.00. The van der Waals surface area contributed by atoms with Crippen molar-refractivity contribution in [3.8, 4) is 5.75 Å². The summed E-state index contributed by atoms with van der Waals surface area (Å²) in [5.41, 5.74) is 1.96. The summed E-state index contributed by atoms with van der Waals surface area (Å²) >= 11 is 0. The molecule has 0 atom stereocenters. The van der Waals surface area contributed by atoms with Crippen LogP contribution in [0.25, 0.3) is 10.9 Å². The lowest BCUT2D eigenvalue weighted by Crippen LogP contribution is -2.23. The van der Waals surface area contributed by atoms with Gasteiger partial charge in [0.05, 0.1) is 0 Å². The highest BCUT2D eigenvalue weighted by Gasteiger charge is 2.25. The van der Waals surface area contributed by atoms with Crippen molar-refractivity contribution in [2.75, 3.05) is 13.6 Å². The van der Waals surface area contributed by atoms with Gasteiger partial charge in [0, 0.05) is 29.7 Å². The summed E-state index contributed by atoms with van der Waals surface area (Å²) in [6.45, 7) is 0.940. The first-order chi connectivity index (χ1) is 11.0. The van der Waals surface area contributed by atoms with E-state index in [-0.39, 0.29) is 0 Å². The van der Waals surface area contributed by atoms with Gasteiger partial charge in [0.25, 0.3) is 0 Å². The lowest BCUT2D eigenvalue weighted by Gasteiger charge is -2.15. The smallest absolute Gasteiger partial charge is 0.322 e. The fraction of sp³-hybridized carbons (Fsp3) is 0.412. The van der Waals surface area contributed by atoms with Gasteiger partial charge >= 0.3 is 11.9 Å². The maximum absolute atomic E-state index is 11.6. The number of aliphatic carboxylic acids is 1. The Balaban J connectivity index is 1.78. The molecule has 1 aliphatic carbocycles. The predicted octanol–water partition coefficient (Wildman–Crippen LogP) is 2.18. The minimum atomic E-state index is -1.19. The first-order valence-electron chi connectivity index (χ1n) is 7.76. The molecule has 3 rings (SSSR count). The SMILES string of the molecule is CN(CCc1c[nH]c2cccc(OC(=O)CC(=O)O)c12)C1CC1. The molecule has 0 spiro atoms. The minimum absolute atomic E-state index is 0.416. The van der Waals surface area contributed by atoms with Crippen LogP contribution in [0.2, 0.25) is 0 Å². The molecular formula is C17H20N2O4. The van der Waals surface area contributed by atoms with Crippen LogP contribution in [0, 0.1) is 0 Å². The van der Waals surface area contributed by atoms with Crippen molar-refractivity contribution in [2.24, 2.45) is 0 Å². The number of nitrogens with one attached hydrogen (secondary N) is 1. The molecule has 23 heavy (non-hydrogen) atoms. The van der Waals surface area contributed by atoms with E-state index in [2.05, 4.69) is 16.9 Å². The quantitative estimate of drug-likeness (QED) is 0.465. The standard InChI is InChI=1S/C17H20N2O4/c1-19(12-5-6-12)8-7-11-10-18-13-3-2-4-14(17(11)13)23-16(22)9-15(20)21/h2-4,10,12,18H,5-9H2,1H3,(H,20,21). The Morgan fingerprint density at radius 2 is 2.17 bits per heavy atom. The number of nitrogens with zero attached hydrogens (tertiary/aromatic N) is 1. The number of carbonyl (C=O) groups is 2. The number of rotatable bonds is 7. The third-order valence-electron chi connectivity index (χ3n) is 4.17. The number of carboxylic acids is 1. The van der Waals surface area contributed by atoms with E-state index >= 15 is 0 Å². The summed E-state index contributed by atoms with van der Waals surface area (Å²) < 4.78 is 5.25. The first kappa shape index (κ1) is 15.6. The van der Waals surface area contributed by atoms with Crippen LogP contribution in [0.1, 0.15) is 24.8 Å². The van der Waals surface area contributed by atoms with Gasteiger partial charge in [-0.15, -0.1) is 0 Å². The maximum atomic E-state index is 11.6. The van der Waals surface area contributed by atoms with Gasteiger partial charge in [0.1, 0.15) is 12.2 Å². The third kappa shape index (κ3) is 3.71. The summed E-state index contributed by atoms with van der Waals surface area (Å²) in [5.74, 6) is -1.53. The zero-order chi connectivity index (χ0) is 16.4. The number of H-pyrrole nitrogens is 1. The number of esters is 1. The van der Waals surface area contributed by atoms with Crippen molar-refractivity contribution in [3.63, 3.8) is 0 Å². The van der Waals surface area contributed by atoms with E-state index in [0.29, 0.717) is 11.8 Å². The van der Waals surface area contributed by atoms with E-state index < -0.39 is 18.4 Å². The molecule has 1 aromatic carbocycles. The molecule has 0 unspecified atom stereocenters. The van der Waals surface area contributed by atoms with Crippen LogP contribution >= 0.6 is 0 Å². The van der Waals surface area contributed by atoms with E-state index in [1.807, 2.05) is 12.3 Å². The maximum Gasteiger partial charge on any atom is 0.322 e. The minimum Gasteiger partial charge on any atom is -0.481 e. The van der Waals surface area contributed by atoms with Crippen LogP contribution < -0.4 is 4.74 Å². The molecule has 6 heteroatoms. The van der Waals surface area contributed by atoms with Crippen molar-refractivity contribution in [2.45, 2.75) is 31.7 Å². The normalized spacial score (nSPS) is 14.3. The number of carbonyl (C=O) groups excluding carboxylic acids is 1. The fourth-order valence-corrected chi connectivity index (χ4v) is 2.78. The van der Waals surface area contributed by atoms with Crippen LogP contribution in [-0.4, -0.2) is 46.6 Å². The number of ether oxygens (including phenoxy) is 1. The number of benzene rings is 1. The summed E-state index contributed by atoms with van der Waals surface area (Å²) in [6.07, 6.45) is 4.67. The van der Waals surface area contributed by atoms with Crippen molar-refractivity contribution in [3.05, 3.63) is 30.0 Å². The summed E-state index contributed by atoms with van der Waals surface area (Å²) in [6, 6.07) is 6.10. The highest BCUT2D eigenvalue weighted by molar-refractivity contribution is 5.95. The molecule has 6 nitrogen and oxygen atoms in total. The van der Waals surface area contributed by atoms with Crippen LogP contribution in [0.3, 0.4) is 0 Å². The van der Waals surface area contributed by atoms with Crippen molar-refractivity contribution in [1.82, 2.24) is 9.88 Å². The summed E-state index contributed by atoms with van der Waals surface area (Å²) in [5, 5.41) is 9.54. The van der Waals surface area contributed by atoms with Gasteiger partial charge in [-0.3, -0.25) is 9.59 Å². The molecular weight excluding hydrogens is 296 g/mol. The summed E-state index contributed by atoms with van der Waals surface area (Å²) in [7, 11) is 2.13. The van der Waals surface area contributed by atoms with Crippen LogP contribution in [0.15, 0.2) is 24.4 Å². The largest absolute Gasteiger partial charge is 0.481 e. The monoisotopic (exact) mass is 316 g/mol. The first-order valence-corrected chi connectivity index (χ1v) is 7.76. The summed E-state index contributed by atoms with van der Waals surface area (Å²) in [4.78, 5) is 27.8. The molecule has 1 aliphatic rings. The molecule has 1 aromatic heterocycles. The van der Waals surface area contributed by atoms with Crippen molar-refractivity contribution < 1.29 is 19.4 Å². The molecule has 122 valence electrons. The van der Waals surface area contributed by atoms with Crippen molar-refractivity contribution in [1.29, 1.82) is 0 Å². The number of carboxylic acid groups (broad SMARTS) is 1. The Morgan fingerprint density at radius 3 is 2.87 bits per heavy atom. The zero-order valence-electron chi connectivity index (χ0n) is 13.0. The van der Waals surface area contributed by atoms with E-state index in [0.717, 1.165) is 29.4 Å². The lowest BCUT2D eigenvalue weighted by molar-refractivity contribution is -0.145. The molecule has 0 aliphatic heterocycles. The Bertz CT molecular complexity index is 733. The van der Waals surface area contributed by atoms with Crippen LogP contribution in [0.4, 0.5) is 0 Å². The highest BCUT2D eigenvalue weighted by atomic mass is 16.5. The second kappa shape index (κ2) is 6.42. The van der Waals surface area contributed by atoms with Gasteiger partial charge in [-0.05, 0) is 44.0 Å². The molecule has 2 N–H and O–H groups in total. The van der Waals surface area contributed by atoms with Crippen molar-refractivity contribution >= 4 is 22.8 Å². The van der Waals surface area contributed by atoms with Gasteiger partial charge in [-0.2, -0.15) is 0 Å². The Hall–Kier alpha value is -2.34. The van der Waals surface area contributed by atoms with Gasteiger partial charge in [-0.25, -0.2) is 0 Å². The van der Waals surface area contributed by atoms with Gasteiger partial charge in [0.15, 0.2) is 0 Å². The molecule has 1 saturated carbocycles. The Kier molecular flexibility index (Phi) is 4.34. The molecule has 0 amide bonds.